The summed E-state index contributed by atoms with van der Waals surface area (Å²) < 4.78 is 67.7. The number of benzene rings is 2. The van der Waals surface area contributed by atoms with Gasteiger partial charge in [-0.05, 0) is 43.2 Å². The van der Waals surface area contributed by atoms with Crippen LogP contribution in [0, 0.1) is 0 Å². The van der Waals surface area contributed by atoms with Gasteiger partial charge in [0.15, 0.2) is 0 Å². The molecule has 0 aliphatic rings. The van der Waals surface area contributed by atoms with Gasteiger partial charge >= 0.3 is 13.3 Å². The van der Waals surface area contributed by atoms with Gasteiger partial charge in [-0.15, -0.1) is 0 Å². The molecule has 0 heterocycles. The summed E-state index contributed by atoms with van der Waals surface area (Å²) in [6, 6.07) is 12.9. The smallest absolute Gasteiger partial charge is 0.355 e. The van der Waals surface area contributed by atoms with Crippen LogP contribution in [-0.4, -0.2) is 42.5 Å². The minimum absolute atomic E-state index is 0.116. The lowest BCUT2D eigenvalue weighted by Crippen LogP contribution is -2.48. The maximum atomic E-state index is 14.1. The van der Waals surface area contributed by atoms with Crippen LogP contribution in [0.5, 0.6) is 0 Å². The van der Waals surface area contributed by atoms with Crippen LogP contribution in [0.3, 0.4) is 0 Å². The molecule has 0 saturated heterocycles. The monoisotopic (exact) mass is 658 g/mol. The third-order valence-corrected chi connectivity index (χ3v) is 10.0. The molecule has 0 spiro atoms. The second-order valence-corrected chi connectivity index (χ2v) is 14.9. The number of halogens is 2. The number of amides is 1. The molecule has 12 heteroatoms. The Hall–Kier alpha value is -2.17. The van der Waals surface area contributed by atoms with E-state index >= 15 is 0 Å². The highest BCUT2D eigenvalue weighted by atomic mass is 32.2. The van der Waals surface area contributed by atoms with Gasteiger partial charge in [0.25, 0.3) is 0 Å². The number of rotatable bonds is 23. The minimum Gasteiger partial charge on any atom is -0.355 e. The number of aryl methyl sites for hydroxylation is 1. The van der Waals surface area contributed by atoms with E-state index in [2.05, 4.69) is 17.0 Å². The van der Waals surface area contributed by atoms with Crippen molar-refractivity contribution in [3.05, 3.63) is 71.3 Å². The second-order valence-electron chi connectivity index (χ2n) is 11.4. The lowest BCUT2D eigenvalue weighted by molar-refractivity contribution is -0.122. The molecule has 4 N–H and O–H groups in total. The average molecular weight is 659 g/mol. The normalized spacial score (nSPS) is 13.1. The van der Waals surface area contributed by atoms with Crippen LogP contribution in [-0.2, 0) is 37.9 Å². The molecule has 1 atom stereocenters. The highest BCUT2D eigenvalue weighted by Crippen LogP contribution is 2.59. The number of sulfonamides is 1. The van der Waals surface area contributed by atoms with E-state index in [1.165, 1.54) is 49.8 Å². The quantitative estimate of drug-likeness (QED) is 0.0767. The standard InChI is InChI=1S/C32H49F2N2O6PS/c1-2-3-4-5-6-7-8-9-10-16-25-44(41,42)36-30(31(37)35-24-15-14-19-27-17-12-11-13-18-27)26-28-20-22-29(23-21-28)32(33,34)43(38,39)40/h11-13,17-18,20-23,30,36H,2-10,14-16,19,24-26H2,1H3,(H,35,37)(H2,38,39,40). The van der Waals surface area contributed by atoms with Gasteiger partial charge in [-0.1, -0.05) is 119 Å². The van der Waals surface area contributed by atoms with E-state index in [4.69, 9.17) is 9.79 Å². The third-order valence-electron chi connectivity index (χ3n) is 7.55. The van der Waals surface area contributed by atoms with Gasteiger partial charge in [0.2, 0.25) is 15.9 Å². The Morgan fingerprint density at radius 3 is 1.95 bits per heavy atom. The largest absolute Gasteiger partial charge is 0.399 e. The first-order valence-corrected chi connectivity index (χ1v) is 19.0. The first-order valence-electron chi connectivity index (χ1n) is 15.7. The molecule has 0 aromatic heterocycles. The predicted octanol–water partition coefficient (Wildman–Crippen LogP) is 6.80. The van der Waals surface area contributed by atoms with E-state index in [1.54, 1.807) is 0 Å². The Morgan fingerprint density at radius 1 is 0.818 bits per heavy atom. The van der Waals surface area contributed by atoms with Gasteiger partial charge in [0, 0.05) is 12.1 Å². The van der Waals surface area contributed by atoms with Crippen molar-refractivity contribution in [2.75, 3.05) is 12.3 Å². The van der Waals surface area contributed by atoms with E-state index < -0.39 is 40.8 Å². The summed E-state index contributed by atoms with van der Waals surface area (Å²) in [5.41, 5.74) is -3.68. The van der Waals surface area contributed by atoms with Crippen molar-refractivity contribution in [2.24, 2.45) is 0 Å². The molecule has 0 aliphatic heterocycles. The maximum absolute atomic E-state index is 14.1. The molecule has 0 saturated carbocycles. The SMILES string of the molecule is CCCCCCCCCCCCS(=O)(=O)NC(Cc1ccc(C(F)(F)P(=O)(O)O)cc1)C(=O)NCCCCc1ccccc1. The van der Waals surface area contributed by atoms with Gasteiger partial charge in [0.05, 0.1) is 5.75 Å². The summed E-state index contributed by atoms with van der Waals surface area (Å²) >= 11 is 0. The van der Waals surface area contributed by atoms with Crippen LogP contribution >= 0.6 is 7.60 Å². The first-order chi connectivity index (χ1) is 20.9. The van der Waals surface area contributed by atoms with Crippen molar-refractivity contribution >= 4 is 23.5 Å². The minimum atomic E-state index is -5.73. The van der Waals surface area contributed by atoms with Crippen molar-refractivity contribution in [3.8, 4) is 0 Å². The Morgan fingerprint density at radius 2 is 1.39 bits per heavy atom. The van der Waals surface area contributed by atoms with Gasteiger partial charge in [-0.2, -0.15) is 8.78 Å². The van der Waals surface area contributed by atoms with Crippen LogP contribution in [0.1, 0.15) is 101 Å². The van der Waals surface area contributed by atoms with Crippen molar-refractivity contribution in [1.29, 1.82) is 0 Å². The van der Waals surface area contributed by atoms with Crippen LogP contribution < -0.4 is 10.0 Å². The summed E-state index contributed by atoms with van der Waals surface area (Å²) in [5.74, 6) is -0.654. The first kappa shape index (κ1) is 38.0. The molecule has 0 aliphatic carbocycles. The molecular weight excluding hydrogens is 609 g/mol. The molecule has 0 bridgehead atoms. The molecule has 0 radical (unpaired) electrons. The molecular formula is C32H49F2N2O6PS. The van der Waals surface area contributed by atoms with Crippen molar-refractivity contribution in [1.82, 2.24) is 10.0 Å². The summed E-state index contributed by atoms with van der Waals surface area (Å²) in [5, 5.41) is 2.79. The highest BCUT2D eigenvalue weighted by Gasteiger charge is 2.50. The van der Waals surface area contributed by atoms with E-state index in [0.717, 1.165) is 50.7 Å². The summed E-state index contributed by atoms with van der Waals surface area (Å²) in [6.45, 7) is 2.53. The highest BCUT2D eigenvalue weighted by molar-refractivity contribution is 7.89. The molecule has 2 rings (SSSR count). The van der Waals surface area contributed by atoms with Crippen LogP contribution in [0.15, 0.2) is 54.6 Å². The van der Waals surface area contributed by atoms with Gasteiger partial charge < -0.3 is 15.1 Å². The zero-order valence-electron chi connectivity index (χ0n) is 25.7. The Labute approximate surface area is 261 Å². The summed E-state index contributed by atoms with van der Waals surface area (Å²) in [4.78, 5) is 31.1. The number of hydrogen-bond donors (Lipinski definition) is 4. The number of nitrogens with one attached hydrogen (secondary N) is 2. The maximum Gasteiger partial charge on any atom is 0.399 e. The van der Waals surface area contributed by atoms with Crippen LogP contribution in [0.25, 0.3) is 0 Å². The lowest BCUT2D eigenvalue weighted by Gasteiger charge is -2.20. The Kier molecular flexibility index (Phi) is 16.7. The Balaban J connectivity index is 1.94. The fourth-order valence-corrected chi connectivity index (χ4v) is 6.73. The number of unbranched alkanes of at least 4 members (excludes halogenated alkanes) is 10. The van der Waals surface area contributed by atoms with Gasteiger partial charge in [-0.25, -0.2) is 13.1 Å². The molecule has 248 valence electrons. The molecule has 1 unspecified atom stereocenters. The molecule has 2 aromatic carbocycles. The van der Waals surface area contributed by atoms with Gasteiger partial charge in [0.1, 0.15) is 6.04 Å². The van der Waals surface area contributed by atoms with Crippen LogP contribution in [0.4, 0.5) is 8.78 Å². The number of hydrogen-bond acceptors (Lipinski definition) is 4. The second kappa shape index (κ2) is 19.4. The molecule has 2 aromatic rings. The fraction of sp³-hybridized carbons (Fsp3) is 0.594. The summed E-state index contributed by atoms with van der Waals surface area (Å²) in [7, 11) is -9.54. The van der Waals surface area contributed by atoms with Crippen molar-refractivity contribution < 1.29 is 36.3 Å². The van der Waals surface area contributed by atoms with Crippen LogP contribution in [0.2, 0.25) is 0 Å². The van der Waals surface area contributed by atoms with E-state index in [9.17, 15) is 26.6 Å². The molecule has 1 amide bonds. The van der Waals surface area contributed by atoms with E-state index in [0.29, 0.717) is 24.9 Å². The predicted molar refractivity (Wildman–Crippen MR) is 171 cm³/mol. The topological polar surface area (TPSA) is 133 Å². The lowest BCUT2D eigenvalue weighted by atomic mass is 10.0. The fourth-order valence-electron chi connectivity index (χ4n) is 4.92. The number of carbonyl (C=O) groups is 1. The van der Waals surface area contributed by atoms with Crippen molar-refractivity contribution in [2.45, 2.75) is 109 Å². The number of alkyl halides is 2. The average Bonchev–Trinajstić information content (AvgIpc) is 2.97. The number of carbonyl (C=O) groups excluding carboxylic acids is 1. The molecule has 0 fully saturated rings. The van der Waals surface area contributed by atoms with Gasteiger partial charge in [-0.3, -0.25) is 9.36 Å². The van der Waals surface area contributed by atoms with E-state index in [1.807, 2.05) is 30.3 Å². The zero-order chi connectivity index (χ0) is 32.5. The van der Waals surface area contributed by atoms with E-state index in [-0.39, 0.29) is 12.2 Å². The summed E-state index contributed by atoms with van der Waals surface area (Å²) in [6.07, 6.45) is 12.8. The molecule has 8 nitrogen and oxygen atoms in total. The Bertz CT molecular complexity index is 1260. The third kappa shape index (κ3) is 14.3. The van der Waals surface area contributed by atoms with Crippen molar-refractivity contribution in [3.63, 3.8) is 0 Å². The molecule has 44 heavy (non-hydrogen) atoms. The zero-order valence-corrected chi connectivity index (χ0v) is 27.4.